The summed E-state index contributed by atoms with van der Waals surface area (Å²) in [6.07, 6.45) is 0. The highest BCUT2D eigenvalue weighted by Gasteiger charge is 2.10. The average Bonchev–Trinajstić information content (AvgIpc) is 2.76. The van der Waals surface area contributed by atoms with Crippen molar-refractivity contribution in [2.24, 2.45) is 0 Å². The number of hydrogen-bond donors (Lipinski definition) is 1. The molecule has 1 aromatic carbocycles. The molecule has 0 aliphatic carbocycles. The Labute approximate surface area is 114 Å². The number of halogens is 2. The lowest BCUT2D eigenvalue weighted by Gasteiger charge is -2.06. The van der Waals surface area contributed by atoms with Crippen molar-refractivity contribution in [2.45, 2.75) is 6.61 Å². The van der Waals surface area contributed by atoms with Crippen molar-refractivity contribution in [3.05, 3.63) is 44.6 Å². The Morgan fingerprint density at radius 2 is 2.33 bits per heavy atom. The van der Waals surface area contributed by atoms with Gasteiger partial charge in [-0.25, -0.2) is 14.2 Å². The highest BCUT2D eigenvalue weighted by molar-refractivity contribution is 9.10. The first-order valence-electron chi connectivity index (χ1n) is 4.82. The zero-order valence-electron chi connectivity index (χ0n) is 8.89. The van der Waals surface area contributed by atoms with E-state index in [-0.39, 0.29) is 17.4 Å². The van der Waals surface area contributed by atoms with Crippen LogP contribution in [0.4, 0.5) is 4.39 Å². The lowest BCUT2D eigenvalue weighted by Crippen LogP contribution is -1.99. The van der Waals surface area contributed by atoms with Gasteiger partial charge in [-0.2, -0.15) is 0 Å². The highest BCUT2D eigenvalue weighted by atomic mass is 79.9. The SMILES string of the molecule is O=C(O)c1nc(COc2ccc(F)cc2Br)cs1. The summed E-state index contributed by atoms with van der Waals surface area (Å²) in [5.74, 6) is -0.952. The Balaban J connectivity index is 2.04. The number of carboxylic acid groups (broad SMARTS) is 1. The maximum atomic E-state index is 12.8. The Bertz CT molecular complexity index is 587. The first-order chi connectivity index (χ1) is 8.56. The van der Waals surface area contributed by atoms with Crippen molar-refractivity contribution in [3.8, 4) is 5.75 Å². The molecule has 7 heteroatoms. The summed E-state index contributed by atoms with van der Waals surface area (Å²) in [4.78, 5) is 14.5. The molecule has 0 aliphatic rings. The lowest BCUT2D eigenvalue weighted by molar-refractivity contribution is 0.0696. The third-order valence-corrected chi connectivity index (χ3v) is 3.50. The molecule has 0 saturated heterocycles. The molecular formula is C11H7BrFNO3S. The fourth-order valence-electron chi connectivity index (χ4n) is 1.22. The van der Waals surface area contributed by atoms with E-state index in [0.29, 0.717) is 15.9 Å². The molecule has 2 rings (SSSR count). The van der Waals surface area contributed by atoms with Crippen LogP contribution >= 0.6 is 27.3 Å². The number of benzene rings is 1. The number of ether oxygens (including phenoxy) is 1. The zero-order valence-corrected chi connectivity index (χ0v) is 11.3. The Morgan fingerprint density at radius 3 is 2.94 bits per heavy atom. The smallest absolute Gasteiger partial charge is 0.365 e. The molecule has 0 fully saturated rings. The molecule has 94 valence electrons. The van der Waals surface area contributed by atoms with E-state index >= 15 is 0 Å². The summed E-state index contributed by atoms with van der Waals surface area (Å²) in [5.41, 5.74) is 0.522. The minimum absolute atomic E-state index is 0.0202. The van der Waals surface area contributed by atoms with Gasteiger partial charge >= 0.3 is 5.97 Å². The Kier molecular flexibility index (Phi) is 3.93. The monoisotopic (exact) mass is 331 g/mol. The molecule has 2 aromatic rings. The molecule has 1 heterocycles. The van der Waals surface area contributed by atoms with Gasteiger partial charge in [0, 0.05) is 5.38 Å². The van der Waals surface area contributed by atoms with E-state index in [9.17, 15) is 9.18 Å². The summed E-state index contributed by atoms with van der Waals surface area (Å²) in [7, 11) is 0. The van der Waals surface area contributed by atoms with Gasteiger partial charge < -0.3 is 9.84 Å². The van der Waals surface area contributed by atoms with Gasteiger partial charge in [0.15, 0.2) is 0 Å². The highest BCUT2D eigenvalue weighted by Crippen LogP contribution is 2.26. The van der Waals surface area contributed by atoms with E-state index in [4.69, 9.17) is 9.84 Å². The predicted octanol–water partition coefficient (Wildman–Crippen LogP) is 3.32. The van der Waals surface area contributed by atoms with E-state index in [1.165, 1.54) is 18.2 Å². The van der Waals surface area contributed by atoms with Gasteiger partial charge in [0.25, 0.3) is 0 Å². The predicted molar refractivity (Wildman–Crippen MR) is 67.5 cm³/mol. The fourth-order valence-corrected chi connectivity index (χ4v) is 2.32. The van der Waals surface area contributed by atoms with Gasteiger partial charge in [0.05, 0.1) is 10.2 Å². The maximum absolute atomic E-state index is 12.8. The van der Waals surface area contributed by atoms with Gasteiger partial charge in [-0.05, 0) is 34.1 Å². The molecule has 0 radical (unpaired) electrons. The van der Waals surface area contributed by atoms with Gasteiger partial charge in [-0.1, -0.05) is 0 Å². The molecule has 0 amide bonds. The second-order valence-corrected chi connectivity index (χ2v) is 5.03. The Hall–Kier alpha value is -1.47. The quantitative estimate of drug-likeness (QED) is 0.933. The van der Waals surface area contributed by atoms with Crippen molar-refractivity contribution < 1.29 is 19.0 Å². The number of aromatic carboxylic acids is 1. The minimum Gasteiger partial charge on any atom is -0.486 e. The van der Waals surface area contributed by atoms with Crippen LogP contribution in [0.3, 0.4) is 0 Å². The van der Waals surface area contributed by atoms with Gasteiger partial charge in [0.2, 0.25) is 5.01 Å². The second kappa shape index (κ2) is 5.45. The van der Waals surface area contributed by atoms with Crippen molar-refractivity contribution >= 4 is 33.2 Å². The van der Waals surface area contributed by atoms with E-state index in [1.807, 2.05) is 0 Å². The molecule has 0 saturated carbocycles. The van der Waals surface area contributed by atoms with Crippen molar-refractivity contribution in [1.82, 2.24) is 4.98 Å². The summed E-state index contributed by atoms with van der Waals surface area (Å²) < 4.78 is 18.7. The van der Waals surface area contributed by atoms with Crippen LogP contribution in [0.25, 0.3) is 0 Å². The van der Waals surface area contributed by atoms with E-state index in [2.05, 4.69) is 20.9 Å². The number of nitrogens with zero attached hydrogens (tertiary/aromatic N) is 1. The van der Waals surface area contributed by atoms with E-state index < -0.39 is 5.97 Å². The molecule has 0 spiro atoms. The van der Waals surface area contributed by atoms with Gasteiger partial charge in [-0.3, -0.25) is 0 Å². The molecule has 0 unspecified atom stereocenters. The fraction of sp³-hybridized carbons (Fsp3) is 0.0909. The van der Waals surface area contributed by atoms with E-state index in [1.54, 1.807) is 5.38 Å². The van der Waals surface area contributed by atoms with E-state index in [0.717, 1.165) is 11.3 Å². The van der Waals surface area contributed by atoms with Crippen LogP contribution in [-0.4, -0.2) is 16.1 Å². The number of aromatic nitrogens is 1. The number of hydrogen-bond acceptors (Lipinski definition) is 4. The van der Waals surface area contributed by atoms with Crippen LogP contribution in [0.2, 0.25) is 0 Å². The van der Waals surface area contributed by atoms with Gasteiger partial charge in [-0.15, -0.1) is 11.3 Å². The number of rotatable bonds is 4. The Morgan fingerprint density at radius 1 is 1.56 bits per heavy atom. The summed E-state index contributed by atoms with van der Waals surface area (Å²) in [5, 5.41) is 10.3. The normalized spacial score (nSPS) is 10.3. The first kappa shape index (κ1) is 13.0. The summed E-state index contributed by atoms with van der Waals surface area (Å²) >= 11 is 4.21. The van der Waals surface area contributed by atoms with Crippen molar-refractivity contribution in [1.29, 1.82) is 0 Å². The van der Waals surface area contributed by atoms with Crippen LogP contribution in [0.5, 0.6) is 5.75 Å². The molecule has 0 bridgehead atoms. The summed E-state index contributed by atoms with van der Waals surface area (Å²) in [6, 6.07) is 4.06. The molecule has 18 heavy (non-hydrogen) atoms. The first-order valence-corrected chi connectivity index (χ1v) is 6.49. The number of carboxylic acids is 1. The largest absolute Gasteiger partial charge is 0.486 e. The average molecular weight is 332 g/mol. The molecular weight excluding hydrogens is 325 g/mol. The van der Waals surface area contributed by atoms with Gasteiger partial charge in [0.1, 0.15) is 18.2 Å². The third-order valence-electron chi connectivity index (χ3n) is 2.00. The van der Waals surface area contributed by atoms with Crippen LogP contribution in [0.1, 0.15) is 15.5 Å². The van der Waals surface area contributed by atoms with Crippen LogP contribution in [-0.2, 0) is 6.61 Å². The maximum Gasteiger partial charge on any atom is 0.365 e. The second-order valence-electron chi connectivity index (χ2n) is 3.31. The molecule has 4 nitrogen and oxygen atoms in total. The molecule has 1 N–H and O–H groups in total. The lowest BCUT2D eigenvalue weighted by atomic mass is 10.3. The van der Waals surface area contributed by atoms with Crippen molar-refractivity contribution in [2.75, 3.05) is 0 Å². The van der Waals surface area contributed by atoms with Crippen molar-refractivity contribution in [3.63, 3.8) is 0 Å². The molecule has 0 aliphatic heterocycles. The number of carbonyl (C=O) groups is 1. The molecule has 0 atom stereocenters. The van der Waals surface area contributed by atoms with Crippen LogP contribution in [0, 0.1) is 5.82 Å². The zero-order chi connectivity index (χ0) is 13.1. The standard InChI is InChI=1S/C11H7BrFNO3S/c12-8-3-6(13)1-2-9(8)17-4-7-5-18-10(14-7)11(15)16/h1-3,5H,4H2,(H,15,16). The van der Waals surface area contributed by atoms with Crippen LogP contribution < -0.4 is 4.74 Å². The topological polar surface area (TPSA) is 59.4 Å². The summed E-state index contributed by atoms with van der Waals surface area (Å²) in [6.45, 7) is 0.133. The minimum atomic E-state index is -1.06. The molecule has 1 aromatic heterocycles. The number of thiazole rings is 1. The van der Waals surface area contributed by atoms with Crippen LogP contribution in [0.15, 0.2) is 28.1 Å². The third kappa shape index (κ3) is 3.05.